The van der Waals surface area contributed by atoms with E-state index in [2.05, 4.69) is 15.9 Å². The number of nitriles is 1. The molecule has 1 amide bonds. The average molecular weight is 383 g/mol. The van der Waals surface area contributed by atoms with Gasteiger partial charge in [0.1, 0.15) is 11.9 Å². The molecule has 1 aromatic heterocycles. The number of ether oxygens (including phenoxy) is 1. The van der Waals surface area contributed by atoms with Gasteiger partial charge in [0, 0.05) is 44.9 Å². The van der Waals surface area contributed by atoms with Gasteiger partial charge in [0.15, 0.2) is 0 Å². The Morgan fingerprint density at radius 3 is 2.79 bits per heavy atom. The predicted molar refractivity (Wildman–Crippen MR) is 107 cm³/mol. The van der Waals surface area contributed by atoms with Gasteiger partial charge in [-0.05, 0) is 63.0 Å². The number of likely N-dealkylation sites (tertiary alicyclic amines) is 1. The Hall–Kier alpha value is -2.13. The van der Waals surface area contributed by atoms with E-state index < -0.39 is 0 Å². The van der Waals surface area contributed by atoms with Gasteiger partial charge in [0.2, 0.25) is 5.91 Å². The minimum Gasteiger partial charge on any atom is -0.376 e. The van der Waals surface area contributed by atoms with Gasteiger partial charge in [-0.15, -0.1) is 0 Å². The molecule has 1 aromatic rings. The zero-order chi connectivity index (χ0) is 19.7. The fourth-order valence-corrected chi connectivity index (χ4v) is 4.92. The van der Waals surface area contributed by atoms with E-state index in [1.54, 1.807) is 0 Å². The molecule has 0 saturated carbocycles. The van der Waals surface area contributed by atoms with Crippen LogP contribution in [0.5, 0.6) is 0 Å². The second-order valence-electron chi connectivity index (χ2n) is 8.77. The monoisotopic (exact) mass is 382 g/mol. The molecule has 3 fully saturated rings. The van der Waals surface area contributed by atoms with Crippen molar-refractivity contribution in [2.75, 3.05) is 37.7 Å². The first-order valence-electron chi connectivity index (χ1n) is 10.5. The molecular weight excluding hydrogens is 352 g/mol. The molecule has 6 heteroatoms. The zero-order valence-corrected chi connectivity index (χ0v) is 17.0. The van der Waals surface area contributed by atoms with E-state index >= 15 is 0 Å². The second-order valence-corrected chi connectivity index (χ2v) is 8.77. The third kappa shape index (κ3) is 3.73. The number of carbonyl (C=O) groups excluding carboxylic acids is 1. The van der Waals surface area contributed by atoms with Crippen molar-refractivity contribution in [3.63, 3.8) is 0 Å². The highest BCUT2D eigenvalue weighted by Gasteiger charge is 2.42. The van der Waals surface area contributed by atoms with Crippen LogP contribution in [-0.4, -0.2) is 54.7 Å². The molecule has 6 nitrogen and oxygen atoms in total. The van der Waals surface area contributed by atoms with Crippen LogP contribution in [0.2, 0.25) is 0 Å². The Balaban J connectivity index is 1.44. The Bertz CT molecular complexity index is 786. The van der Waals surface area contributed by atoms with Crippen LogP contribution in [0.4, 0.5) is 5.82 Å². The molecule has 0 aliphatic carbocycles. The van der Waals surface area contributed by atoms with Gasteiger partial charge in [0.25, 0.3) is 0 Å². The molecule has 28 heavy (non-hydrogen) atoms. The molecule has 3 aliphatic heterocycles. The summed E-state index contributed by atoms with van der Waals surface area (Å²) in [5.74, 6) is 1.11. The highest BCUT2D eigenvalue weighted by Crippen LogP contribution is 2.41. The van der Waals surface area contributed by atoms with E-state index in [-0.39, 0.29) is 17.4 Å². The molecule has 3 aliphatic rings. The highest BCUT2D eigenvalue weighted by atomic mass is 16.5. The minimum atomic E-state index is 0.204. The van der Waals surface area contributed by atoms with Crippen molar-refractivity contribution in [1.29, 1.82) is 5.26 Å². The van der Waals surface area contributed by atoms with Gasteiger partial charge in [-0.2, -0.15) is 5.26 Å². The largest absolute Gasteiger partial charge is 0.376 e. The summed E-state index contributed by atoms with van der Waals surface area (Å²) in [7, 11) is 0. The number of rotatable bonds is 3. The lowest BCUT2D eigenvalue weighted by Gasteiger charge is -2.48. The summed E-state index contributed by atoms with van der Waals surface area (Å²) in [6.07, 6.45) is 6.11. The van der Waals surface area contributed by atoms with Gasteiger partial charge in [0.05, 0.1) is 11.7 Å². The van der Waals surface area contributed by atoms with Crippen molar-refractivity contribution in [1.82, 2.24) is 9.88 Å². The maximum absolute atomic E-state index is 12.5. The van der Waals surface area contributed by atoms with Crippen molar-refractivity contribution < 1.29 is 9.53 Å². The van der Waals surface area contributed by atoms with E-state index in [1.807, 2.05) is 19.9 Å². The lowest BCUT2D eigenvalue weighted by atomic mass is 9.72. The maximum atomic E-state index is 12.5. The summed E-state index contributed by atoms with van der Waals surface area (Å²) in [6, 6.07) is 4.26. The van der Waals surface area contributed by atoms with Crippen molar-refractivity contribution in [3.05, 3.63) is 22.9 Å². The molecule has 150 valence electrons. The number of nitrogens with zero attached hydrogens (tertiary/aromatic N) is 4. The number of carbonyl (C=O) groups is 1. The quantitative estimate of drug-likeness (QED) is 0.804. The van der Waals surface area contributed by atoms with Crippen LogP contribution in [0.1, 0.15) is 55.3 Å². The molecule has 0 aromatic carbocycles. The Morgan fingerprint density at radius 2 is 2.11 bits per heavy atom. The molecule has 0 bridgehead atoms. The van der Waals surface area contributed by atoms with Gasteiger partial charge in [-0.1, -0.05) is 0 Å². The molecule has 4 rings (SSSR count). The SMILES string of the molecule is Cc1cc(C#N)c(N2CCC3(CCC(=O)N(CC4CCCO4)C3)CC2)nc1C. The first kappa shape index (κ1) is 19.2. The second kappa shape index (κ2) is 7.71. The maximum Gasteiger partial charge on any atom is 0.222 e. The summed E-state index contributed by atoms with van der Waals surface area (Å²) in [5, 5.41) is 9.53. The van der Waals surface area contributed by atoms with E-state index in [9.17, 15) is 10.1 Å². The third-order valence-electron chi connectivity index (χ3n) is 6.89. The average Bonchev–Trinajstić information content (AvgIpc) is 3.20. The van der Waals surface area contributed by atoms with Crippen LogP contribution >= 0.6 is 0 Å². The van der Waals surface area contributed by atoms with Crippen molar-refractivity contribution in [2.45, 2.75) is 58.5 Å². The number of hydrogen-bond acceptors (Lipinski definition) is 5. The van der Waals surface area contributed by atoms with Crippen LogP contribution in [0.15, 0.2) is 6.07 Å². The molecule has 3 saturated heterocycles. The summed E-state index contributed by atoms with van der Waals surface area (Å²) >= 11 is 0. The number of anilines is 1. The van der Waals surface area contributed by atoms with Crippen LogP contribution in [0.3, 0.4) is 0 Å². The molecule has 1 atom stereocenters. The number of amides is 1. The smallest absolute Gasteiger partial charge is 0.222 e. The van der Waals surface area contributed by atoms with Crippen LogP contribution < -0.4 is 4.90 Å². The fourth-order valence-electron chi connectivity index (χ4n) is 4.92. The zero-order valence-electron chi connectivity index (χ0n) is 17.0. The third-order valence-corrected chi connectivity index (χ3v) is 6.89. The number of piperidine rings is 2. The van der Waals surface area contributed by atoms with Crippen molar-refractivity contribution >= 4 is 11.7 Å². The van der Waals surface area contributed by atoms with Crippen molar-refractivity contribution in [3.8, 4) is 6.07 Å². The van der Waals surface area contributed by atoms with E-state index in [1.165, 1.54) is 0 Å². The molecular formula is C22H30N4O2. The fraction of sp³-hybridized carbons (Fsp3) is 0.682. The predicted octanol–water partition coefficient (Wildman–Crippen LogP) is 2.96. The lowest BCUT2D eigenvalue weighted by molar-refractivity contribution is -0.140. The number of aryl methyl sites for hydroxylation is 2. The summed E-state index contributed by atoms with van der Waals surface area (Å²) < 4.78 is 5.76. The molecule has 4 heterocycles. The summed E-state index contributed by atoms with van der Waals surface area (Å²) in [5.41, 5.74) is 2.91. The van der Waals surface area contributed by atoms with Crippen LogP contribution in [0, 0.1) is 30.6 Å². The number of pyridine rings is 1. The normalized spacial score (nSPS) is 24.6. The first-order chi connectivity index (χ1) is 13.5. The van der Waals surface area contributed by atoms with Gasteiger partial charge >= 0.3 is 0 Å². The number of aromatic nitrogens is 1. The molecule has 1 spiro atoms. The van der Waals surface area contributed by atoms with E-state index in [0.29, 0.717) is 12.0 Å². The van der Waals surface area contributed by atoms with Gasteiger partial charge < -0.3 is 14.5 Å². The van der Waals surface area contributed by atoms with Crippen LogP contribution in [0.25, 0.3) is 0 Å². The standard InChI is InChI=1S/C22H30N4O2/c1-16-12-18(13-23)21(24-17(16)2)25-9-7-22(8-10-25)6-5-20(27)26(15-22)14-19-4-3-11-28-19/h12,19H,3-11,14-15H2,1-2H3. The number of hydrogen-bond donors (Lipinski definition) is 0. The summed E-state index contributed by atoms with van der Waals surface area (Å²) in [4.78, 5) is 21.5. The minimum absolute atomic E-state index is 0.204. The lowest BCUT2D eigenvalue weighted by Crippen LogP contribution is -2.53. The van der Waals surface area contributed by atoms with Crippen molar-refractivity contribution in [2.24, 2.45) is 5.41 Å². The first-order valence-corrected chi connectivity index (χ1v) is 10.5. The molecule has 0 radical (unpaired) electrons. The highest BCUT2D eigenvalue weighted by molar-refractivity contribution is 5.77. The molecule has 0 N–H and O–H groups in total. The van der Waals surface area contributed by atoms with Gasteiger partial charge in [-0.3, -0.25) is 4.79 Å². The topological polar surface area (TPSA) is 69.5 Å². The van der Waals surface area contributed by atoms with E-state index in [4.69, 9.17) is 9.72 Å². The Labute approximate surface area is 167 Å². The Morgan fingerprint density at radius 1 is 1.32 bits per heavy atom. The molecule has 1 unspecified atom stereocenters. The summed E-state index contributed by atoms with van der Waals surface area (Å²) in [6.45, 7) is 8.23. The van der Waals surface area contributed by atoms with E-state index in [0.717, 1.165) is 82.0 Å². The Kier molecular flexibility index (Phi) is 5.29. The van der Waals surface area contributed by atoms with Gasteiger partial charge in [-0.25, -0.2) is 4.98 Å². The van der Waals surface area contributed by atoms with Crippen LogP contribution in [-0.2, 0) is 9.53 Å².